The summed E-state index contributed by atoms with van der Waals surface area (Å²) in [5.74, 6) is 0.667. The Morgan fingerprint density at radius 1 is 0.500 bits per heavy atom. The molecule has 0 heterocycles. The summed E-state index contributed by atoms with van der Waals surface area (Å²) in [6, 6.07) is 0. The lowest BCUT2D eigenvalue weighted by Crippen LogP contribution is -1.89. The van der Waals surface area contributed by atoms with Crippen LogP contribution < -0.4 is 11.5 Å². The summed E-state index contributed by atoms with van der Waals surface area (Å²) in [6.07, 6.45) is 0. The molecule has 0 fully saturated rings. The van der Waals surface area contributed by atoms with Crippen LogP contribution in [0.2, 0.25) is 0 Å². The topological polar surface area (TPSA) is 168 Å². The van der Waals surface area contributed by atoms with E-state index >= 15 is 0 Å². The molecule has 0 rings (SSSR count). The van der Waals surface area contributed by atoms with Crippen LogP contribution in [0.1, 0.15) is 55.4 Å². The number of methoxy groups -OCH3 is 2. The minimum atomic E-state index is 0. The van der Waals surface area contributed by atoms with Gasteiger partial charge in [-0.1, -0.05) is 0 Å². The van der Waals surface area contributed by atoms with Crippen molar-refractivity contribution in [3.05, 3.63) is 0 Å². The Kier molecular flexibility index (Phi) is 228. The van der Waals surface area contributed by atoms with Crippen LogP contribution >= 0.6 is 0 Å². The molecule has 0 saturated heterocycles. The largest absolute Gasteiger partial charge is 0.388 e. The van der Waals surface area contributed by atoms with E-state index in [9.17, 15) is 19.2 Å². The average Bonchev–Trinajstić information content (AvgIpc) is 2.51. The van der Waals surface area contributed by atoms with Crippen molar-refractivity contribution < 1.29 is 38.2 Å². The van der Waals surface area contributed by atoms with Crippen molar-refractivity contribution in [2.45, 2.75) is 55.4 Å². The Morgan fingerprint density at radius 2 is 0.500 bits per heavy atom. The first-order valence-electron chi connectivity index (χ1n) is 8.03. The van der Waals surface area contributed by atoms with E-state index in [1.807, 2.05) is 27.7 Å². The number of ether oxygens (including phenoxy) is 2. The fourth-order valence-corrected chi connectivity index (χ4v) is 0. The van der Waals surface area contributed by atoms with Gasteiger partial charge in [-0.3, -0.25) is 0 Å². The molecule has 0 bridgehead atoms. The number of nitrogens with one attached hydrogen (secondary N) is 1. The third-order valence-electron chi connectivity index (χ3n) is 0. The van der Waals surface area contributed by atoms with Gasteiger partial charge in [0, 0.05) is 28.4 Å². The second kappa shape index (κ2) is 109. The lowest BCUT2D eigenvalue weighted by molar-refractivity contribution is -0.115. The molecule has 0 unspecified atom stereocenters. The minimum Gasteiger partial charge on any atom is -0.388 e. The Morgan fingerprint density at radius 3 is 0.500 bits per heavy atom. The molecule has 0 aromatic rings. The van der Waals surface area contributed by atoms with Gasteiger partial charge in [0.05, 0.1) is 0 Å². The van der Waals surface area contributed by atoms with Crippen molar-refractivity contribution in [2.75, 3.05) is 42.5 Å². The average molecular weight is 447 g/mol. The van der Waals surface area contributed by atoms with Gasteiger partial charge < -0.3 is 49.7 Å². The molecule has 0 aromatic carbocycles. The predicted molar refractivity (Wildman–Crippen MR) is 126 cm³/mol. The molecule has 0 saturated carbocycles. The van der Waals surface area contributed by atoms with E-state index in [1.54, 1.807) is 28.4 Å². The SMILES string of the molecule is C=O.C=O.CC(C)=O.CC(C)=O.CC(C)=O.CC(C)=O.CNC.COC.COC.N. The van der Waals surface area contributed by atoms with Crippen molar-refractivity contribution in [1.82, 2.24) is 11.5 Å². The molecule has 0 spiro atoms. The number of hydrogen-bond acceptors (Lipinski definition) is 10. The lowest BCUT2D eigenvalue weighted by Gasteiger charge is -1.61. The van der Waals surface area contributed by atoms with E-state index in [4.69, 9.17) is 9.59 Å². The maximum atomic E-state index is 9.44. The summed E-state index contributed by atoms with van der Waals surface area (Å²) in [5, 5.41) is 2.75. The van der Waals surface area contributed by atoms with Crippen molar-refractivity contribution in [2.24, 2.45) is 0 Å². The Bertz CT molecular complexity index is 230. The quantitative estimate of drug-likeness (QED) is 0.564. The molecular weight excluding hydrogens is 396 g/mol. The van der Waals surface area contributed by atoms with E-state index < -0.39 is 0 Å². The first-order chi connectivity index (χ1) is 13.2. The van der Waals surface area contributed by atoms with Gasteiger partial charge in [0.15, 0.2) is 0 Å². The van der Waals surface area contributed by atoms with E-state index in [-0.39, 0.29) is 29.3 Å². The van der Waals surface area contributed by atoms with Crippen molar-refractivity contribution >= 4 is 36.7 Å². The molecule has 0 radical (unpaired) electrons. The summed E-state index contributed by atoms with van der Waals surface area (Å²) >= 11 is 0. The van der Waals surface area contributed by atoms with Gasteiger partial charge in [-0.15, -0.1) is 0 Å². The molecule has 0 atom stereocenters. The highest BCUT2D eigenvalue weighted by atomic mass is 16.5. The Labute approximate surface area is 185 Å². The highest BCUT2D eigenvalue weighted by Crippen LogP contribution is 1.51. The summed E-state index contributed by atoms with van der Waals surface area (Å²) < 4.78 is 8.50. The first kappa shape index (κ1) is 63.0. The third-order valence-corrected chi connectivity index (χ3v) is 0. The molecule has 30 heavy (non-hydrogen) atoms. The van der Waals surface area contributed by atoms with Crippen molar-refractivity contribution in [1.29, 1.82) is 0 Å². The van der Waals surface area contributed by atoms with Crippen LogP contribution in [0.4, 0.5) is 0 Å². The molecule has 0 aliphatic carbocycles. The van der Waals surface area contributed by atoms with Gasteiger partial charge in [0.1, 0.15) is 36.7 Å². The van der Waals surface area contributed by atoms with Crippen LogP contribution in [-0.2, 0) is 38.2 Å². The van der Waals surface area contributed by atoms with E-state index in [0.717, 1.165) is 0 Å². The predicted octanol–water partition coefficient (Wildman–Crippen LogP) is 2.53. The zero-order valence-electron chi connectivity index (χ0n) is 21.9. The highest BCUT2D eigenvalue weighted by Gasteiger charge is 1.63. The van der Waals surface area contributed by atoms with E-state index in [1.165, 1.54) is 55.4 Å². The van der Waals surface area contributed by atoms with Crippen molar-refractivity contribution in [3.63, 3.8) is 0 Å². The van der Waals surface area contributed by atoms with E-state index in [2.05, 4.69) is 14.8 Å². The minimum absolute atomic E-state index is 0. The monoisotopic (exact) mass is 446 g/mol. The number of Topliss-reactive ketones (excluding diaryl/α,β-unsaturated/α-hetero) is 4. The number of carbonyl (C=O) groups is 6. The normalized spacial score (nSPS) is 5.53. The van der Waals surface area contributed by atoms with Crippen LogP contribution in [0.15, 0.2) is 0 Å². The van der Waals surface area contributed by atoms with Crippen LogP contribution in [0.25, 0.3) is 0 Å². The van der Waals surface area contributed by atoms with Gasteiger partial charge in [-0.05, 0) is 69.5 Å². The van der Waals surface area contributed by atoms with Gasteiger partial charge in [-0.25, -0.2) is 0 Å². The first-order valence-corrected chi connectivity index (χ1v) is 8.03. The van der Waals surface area contributed by atoms with E-state index in [0.29, 0.717) is 0 Å². The van der Waals surface area contributed by atoms with Crippen LogP contribution in [0.5, 0.6) is 0 Å². The van der Waals surface area contributed by atoms with Crippen LogP contribution in [0, 0.1) is 0 Å². The molecule has 10 nitrogen and oxygen atoms in total. The molecule has 0 amide bonds. The Balaban J connectivity index is -0.0000000189. The molecule has 0 aliphatic heterocycles. The number of carbonyl (C=O) groups excluding carboxylic acids is 6. The lowest BCUT2D eigenvalue weighted by atomic mass is 10.6. The van der Waals surface area contributed by atoms with Gasteiger partial charge in [0.2, 0.25) is 0 Å². The highest BCUT2D eigenvalue weighted by molar-refractivity contribution is 5.72. The van der Waals surface area contributed by atoms with Gasteiger partial charge in [-0.2, -0.15) is 0 Å². The zero-order valence-corrected chi connectivity index (χ0v) is 21.9. The van der Waals surface area contributed by atoms with Gasteiger partial charge >= 0.3 is 0 Å². The summed E-state index contributed by atoms with van der Waals surface area (Å²) in [4.78, 5) is 53.8. The number of hydrogen-bond donors (Lipinski definition) is 2. The number of ketones is 4. The smallest absolute Gasteiger partial charge is 0.126 e. The second-order valence-electron chi connectivity index (χ2n) is 4.95. The molecule has 0 aromatic heterocycles. The maximum absolute atomic E-state index is 9.44. The van der Waals surface area contributed by atoms with Gasteiger partial charge in [0.25, 0.3) is 0 Å². The molecule has 10 heteroatoms. The second-order valence-corrected chi connectivity index (χ2v) is 4.95. The fourth-order valence-electron chi connectivity index (χ4n) is 0. The Hall–Kier alpha value is -2.14. The molecular formula is C20H50N2O8. The fraction of sp³-hybridized carbons (Fsp3) is 0.700. The van der Waals surface area contributed by atoms with Crippen LogP contribution in [-0.4, -0.2) is 79.2 Å². The zero-order chi connectivity index (χ0) is 26.4. The summed E-state index contributed by atoms with van der Waals surface area (Å²) in [6.45, 7) is 16.2. The molecule has 188 valence electrons. The van der Waals surface area contributed by atoms with Crippen molar-refractivity contribution in [3.8, 4) is 0 Å². The summed E-state index contributed by atoms with van der Waals surface area (Å²) in [5.41, 5.74) is 0. The molecule has 0 aliphatic rings. The third kappa shape index (κ3) is 3490. The van der Waals surface area contributed by atoms with Crippen LogP contribution in [0.3, 0.4) is 0 Å². The maximum Gasteiger partial charge on any atom is 0.126 e. The number of rotatable bonds is 0. The molecule has 4 N–H and O–H groups in total. The summed E-state index contributed by atoms with van der Waals surface area (Å²) in [7, 11) is 10.2. The standard InChI is InChI=1S/4C3H6O.C2H7N.2C2H6O.2CH2O.H3N/c4*1-3(2)4;3*1-3-2;2*1-2;/h4*1-2H3;3H,1-2H3;2*1-2H3;2*1H2;1H3.